The van der Waals surface area contributed by atoms with Gasteiger partial charge < -0.3 is 14.6 Å². The van der Waals surface area contributed by atoms with Crippen LogP contribution in [0.15, 0.2) is 89.5 Å². The minimum absolute atomic E-state index is 0.157. The zero-order valence-electron chi connectivity index (χ0n) is 16.0. The average molecular weight is 384 g/mol. The molecule has 4 rings (SSSR count). The molecule has 0 fully saturated rings. The fourth-order valence-corrected chi connectivity index (χ4v) is 3.03. The van der Waals surface area contributed by atoms with Gasteiger partial charge in [-0.1, -0.05) is 59.8 Å². The maximum Gasteiger partial charge on any atom is 0.251 e. The van der Waals surface area contributed by atoms with E-state index in [4.69, 9.17) is 9.26 Å². The molecular weight excluding hydrogens is 364 g/mol. The van der Waals surface area contributed by atoms with E-state index in [1.54, 1.807) is 7.11 Å². The number of amides is 1. The summed E-state index contributed by atoms with van der Waals surface area (Å²) in [7, 11) is 1.62. The summed E-state index contributed by atoms with van der Waals surface area (Å²) in [6.07, 6.45) is 0. The Hall–Kier alpha value is -3.86. The van der Waals surface area contributed by atoms with E-state index in [1.807, 2.05) is 84.9 Å². The molecule has 0 aliphatic carbocycles. The molecule has 29 heavy (non-hydrogen) atoms. The summed E-state index contributed by atoms with van der Waals surface area (Å²) in [6.45, 7) is 0.284. The summed E-state index contributed by atoms with van der Waals surface area (Å²) in [5.41, 5.74) is 4.30. The number of rotatable bonds is 6. The quantitative estimate of drug-likeness (QED) is 0.511. The Labute approximate surface area is 168 Å². The van der Waals surface area contributed by atoms with Gasteiger partial charge >= 0.3 is 0 Å². The maximum atomic E-state index is 12.4. The van der Waals surface area contributed by atoms with Crippen LogP contribution in [0.3, 0.4) is 0 Å². The molecule has 5 nitrogen and oxygen atoms in total. The predicted octanol–water partition coefficient (Wildman–Crippen LogP) is 4.95. The van der Waals surface area contributed by atoms with Crippen LogP contribution in [-0.2, 0) is 6.54 Å². The van der Waals surface area contributed by atoms with Crippen LogP contribution in [0.4, 0.5) is 0 Å². The van der Waals surface area contributed by atoms with Gasteiger partial charge in [-0.3, -0.25) is 4.79 Å². The second-order valence-corrected chi connectivity index (χ2v) is 6.54. The molecule has 5 heteroatoms. The highest BCUT2D eigenvalue weighted by Crippen LogP contribution is 2.24. The van der Waals surface area contributed by atoms with E-state index in [9.17, 15) is 4.79 Å². The minimum atomic E-state index is -0.157. The van der Waals surface area contributed by atoms with Gasteiger partial charge in [0.25, 0.3) is 5.91 Å². The lowest BCUT2D eigenvalue weighted by Crippen LogP contribution is -2.22. The van der Waals surface area contributed by atoms with Gasteiger partial charge in [0.2, 0.25) is 0 Å². The highest BCUT2D eigenvalue weighted by atomic mass is 16.5. The second-order valence-electron chi connectivity index (χ2n) is 6.54. The number of hydrogen-bond donors (Lipinski definition) is 1. The van der Waals surface area contributed by atoms with Crippen molar-refractivity contribution in [3.63, 3.8) is 0 Å². The maximum absolute atomic E-state index is 12.4. The summed E-state index contributed by atoms with van der Waals surface area (Å²) >= 11 is 0. The standard InChI is InChI=1S/C24H20N2O3/c1-28-22-9-5-8-20(14-22)23-15-21(26-29-23)16-25-24(27)19-12-10-18(11-13-19)17-6-3-2-4-7-17/h2-15H,16H2,1H3,(H,25,27). The topological polar surface area (TPSA) is 64.4 Å². The molecule has 0 radical (unpaired) electrons. The lowest BCUT2D eigenvalue weighted by atomic mass is 10.0. The Balaban J connectivity index is 1.39. The number of carbonyl (C=O) groups excluding carboxylic acids is 1. The van der Waals surface area contributed by atoms with E-state index in [2.05, 4.69) is 10.5 Å². The fourth-order valence-electron chi connectivity index (χ4n) is 3.03. The number of nitrogens with zero attached hydrogens (tertiary/aromatic N) is 1. The summed E-state index contributed by atoms with van der Waals surface area (Å²) in [5.74, 6) is 1.21. The number of methoxy groups -OCH3 is 1. The molecule has 1 aromatic heterocycles. The molecule has 0 unspecified atom stereocenters. The van der Waals surface area contributed by atoms with Gasteiger partial charge in [0.05, 0.1) is 13.7 Å². The van der Waals surface area contributed by atoms with E-state index in [-0.39, 0.29) is 12.5 Å². The first-order chi connectivity index (χ1) is 14.2. The van der Waals surface area contributed by atoms with Crippen molar-refractivity contribution in [2.75, 3.05) is 7.11 Å². The number of ether oxygens (including phenoxy) is 1. The number of carbonyl (C=O) groups is 1. The van der Waals surface area contributed by atoms with Gasteiger partial charge in [0.1, 0.15) is 11.4 Å². The number of benzene rings is 3. The van der Waals surface area contributed by atoms with Crippen molar-refractivity contribution >= 4 is 5.91 Å². The predicted molar refractivity (Wildman–Crippen MR) is 112 cm³/mol. The van der Waals surface area contributed by atoms with Gasteiger partial charge in [0, 0.05) is 17.2 Å². The first-order valence-corrected chi connectivity index (χ1v) is 9.26. The number of hydrogen-bond acceptors (Lipinski definition) is 4. The normalized spacial score (nSPS) is 10.5. The largest absolute Gasteiger partial charge is 0.497 e. The molecule has 0 bridgehead atoms. The first kappa shape index (κ1) is 18.5. The third-order valence-electron chi connectivity index (χ3n) is 4.60. The van der Waals surface area contributed by atoms with E-state index >= 15 is 0 Å². The fraction of sp³-hybridized carbons (Fsp3) is 0.0833. The number of nitrogens with one attached hydrogen (secondary N) is 1. The average Bonchev–Trinajstić information content (AvgIpc) is 3.27. The molecule has 0 saturated carbocycles. The summed E-state index contributed by atoms with van der Waals surface area (Å²) < 4.78 is 10.6. The Morgan fingerprint density at radius 2 is 1.62 bits per heavy atom. The third kappa shape index (κ3) is 4.35. The van der Waals surface area contributed by atoms with E-state index in [0.717, 1.165) is 22.4 Å². The van der Waals surface area contributed by atoms with E-state index in [0.29, 0.717) is 17.0 Å². The number of aromatic nitrogens is 1. The van der Waals surface area contributed by atoms with Crippen molar-refractivity contribution in [3.05, 3.63) is 96.2 Å². The van der Waals surface area contributed by atoms with Gasteiger partial charge in [-0.15, -0.1) is 0 Å². The van der Waals surface area contributed by atoms with Crippen LogP contribution in [-0.4, -0.2) is 18.2 Å². The van der Waals surface area contributed by atoms with E-state index in [1.165, 1.54) is 0 Å². The molecule has 3 aromatic carbocycles. The third-order valence-corrected chi connectivity index (χ3v) is 4.60. The van der Waals surface area contributed by atoms with E-state index < -0.39 is 0 Å². The van der Waals surface area contributed by atoms with Crippen LogP contribution in [0.25, 0.3) is 22.5 Å². The van der Waals surface area contributed by atoms with Gasteiger partial charge in [-0.2, -0.15) is 0 Å². The second kappa shape index (κ2) is 8.44. The van der Waals surface area contributed by atoms with Crippen molar-refractivity contribution in [1.29, 1.82) is 0 Å². The molecule has 1 amide bonds. The highest BCUT2D eigenvalue weighted by Gasteiger charge is 2.10. The van der Waals surface area contributed by atoms with Gasteiger partial charge in [-0.05, 0) is 35.4 Å². The van der Waals surface area contributed by atoms with Crippen molar-refractivity contribution in [2.45, 2.75) is 6.54 Å². The lowest BCUT2D eigenvalue weighted by molar-refractivity contribution is 0.0950. The molecule has 0 saturated heterocycles. The molecule has 0 atom stereocenters. The minimum Gasteiger partial charge on any atom is -0.497 e. The summed E-state index contributed by atoms with van der Waals surface area (Å²) in [4.78, 5) is 12.4. The van der Waals surface area contributed by atoms with Gasteiger partial charge in [0.15, 0.2) is 5.76 Å². The highest BCUT2D eigenvalue weighted by molar-refractivity contribution is 5.94. The van der Waals surface area contributed by atoms with Crippen LogP contribution in [0.1, 0.15) is 16.1 Å². The molecule has 1 N–H and O–H groups in total. The summed E-state index contributed by atoms with van der Waals surface area (Å²) in [6, 6.07) is 26.9. The zero-order chi connectivity index (χ0) is 20.1. The molecule has 144 valence electrons. The SMILES string of the molecule is COc1cccc(-c2cc(CNC(=O)c3ccc(-c4ccccc4)cc3)no2)c1. The Morgan fingerprint density at radius 1 is 0.897 bits per heavy atom. The zero-order valence-corrected chi connectivity index (χ0v) is 16.0. The monoisotopic (exact) mass is 384 g/mol. The summed E-state index contributed by atoms with van der Waals surface area (Å²) in [5, 5.41) is 6.91. The van der Waals surface area contributed by atoms with Crippen LogP contribution < -0.4 is 10.1 Å². The van der Waals surface area contributed by atoms with Gasteiger partial charge in [-0.25, -0.2) is 0 Å². The van der Waals surface area contributed by atoms with Crippen molar-refractivity contribution in [3.8, 4) is 28.2 Å². The van der Waals surface area contributed by atoms with Crippen LogP contribution >= 0.6 is 0 Å². The molecule has 1 heterocycles. The van der Waals surface area contributed by atoms with Crippen LogP contribution in [0, 0.1) is 0 Å². The van der Waals surface area contributed by atoms with Crippen molar-refractivity contribution in [1.82, 2.24) is 10.5 Å². The smallest absolute Gasteiger partial charge is 0.251 e. The lowest BCUT2D eigenvalue weighted by Gasteiger charge is -2.05. The molecule has 0 aliphatic heterocycles. The van der Waals surface area contributed by atoms with Crippen LogP contribution in [0.2, 0.25) is 0 Å². The Bertz CT molecular complexity index is 1100. The molecular formula is C24H20N2O3. The Morgan fingerprint density at radius 3 is 2.38 bits per heavy atom. The molecule has 0 spiro atoms. The molecule has 4 aromatic rings. The van der Waals surface area contributed by atoms with Crippen LogP contribution in [0.5, 0.6) is 5.75 Å². The van der Waals surface area contributed by atoms with Crippen molar-refractivity contribution in [2.24, 2.45) is 0 Å². The Kier molecular flexibility index (Phi) is 5.38. The first-order valence-electron chi connectivity index (χ1n) is 9.26. The van der Waals surface area contributed by atoms with Crippen molar-refractivity contribution < 1.29 is 14.1 Å². The molecule has 0 aliphatic rings.